The number of hydrogen-bond acceptors (Lipinski definition) is 3. The van der Waals surface area contributed by atoms with Crippen molar-refractivity contribution in [3.63, 3.8) is 0 Å². The average molecular weight is 546 g/mol. The molecule has 7 heteroatoms. The lowest BCUT2D eigenvalue weighted by Crippen LogP contribution is -2.41. The number of carbonyl (C=O) groups excluding carboxylic acids is 2. The molecule has 31 heavy (non-hydrogen) atoms. The number of hydrogen-bond donors (Lipinski definition) is 2. The summed E-state index contributed by atoms with van der Waals surface area (Å²) < 4.78 is 7.45. The predicted octanol–water partition coefficient (Wildman–Crippen LogP) is 5.86. The zero-order valence-electron chi connectivity index (χ0n) is 17.1. The smallest absolute Gasteiger partial charge is 0.253 e. The van der Waals surface area contributed by atoms with Crippen molar-refractivity contribution in [3.8, 4) is 5.75 Å². The fraction of sp³-hybridized carbons (Fsp3) is 0.167. The molecule has 0 bridgehead atoms. The van der Waals surface area contributed by atoms with Gasteiger partial charge in [0, 0.05) is 20.1 Å². The van der Waals surface area contributed by atoms with Gasteiger partial charge in [-0.1, -0.05) is 44.0 Å². The molecule has 0 radical (unpaired) electrons. The van der Waals surface area contributed by atoms with Crippen LogP contribution in [0.4, 0.5) is 0 Å². The van der Waals surface area contributed by atoms with Crippen molar-refractivity contribution < 1.29 is 14.3 Å². The number of benzene rings is 3. The van der Waals surface area contributed by atoms with E-state index in [0.29, 0.717) is 11.1 Å². The third kappa shape index (κ3) is 6.67. The van der Waals surface area contributed by atoms with Crippen molar-refractivity contribution >= 4 is 43.7 Å². The summed E-state index contributed by atoms with van der Waals surface area (Å²) in [5, 5.41) is 5.81. The van der Waals surface area contributed by atoms with Gasteiger partial charge in [-0.15, -0.1) is 0 Å². The lowest BCUT2D eigenvalue weighted by atomic mass is 10.1. The highest BCUT2D eigenvalue weighted by Crippen LogP contribution is 2.20. The molecular formula is C24H22Br2N2O3. The van der Waals surface area contributed by atoms with Gasteiger partial charge in [-0.2, -0.15) is 0 Å². The van der Waals surface area contributed by atoms with Crippen LogP contribution in [0.5, 0.6) is 5.75 Å². The first-order chi connectivity index (χ1) is 14.8. The second kappa shape index (κ2) is 10.6. The zero-order chi connectivity index (χ0) is 22.4. The fourth-order valence-electron chi connectivity index (χ4n) is 2.85. The molecule has 0 heterocycles. The standard InChI is InChI=1S/C24H22Br2N2O3/c1-15(2)31-21-13-7-16(8-14-21)22(27-23(29)17-3-9-19(25)10-4-17)28-24(30)18-5-11-20(26)12-6-18/h3-15,22H,1-2H3,(H,27,29)(H,28,30). The van der Waals surface area contributed by atoms with E-state index in [1.54, 1.807) is 48.5 Å². The van der Waals surface area contributed by atoms with Crippen LogP contribution in [0.1, 0.15) is 46.3 Å². The van der Waals surface area contributed by atoms with E-state index in [4.69, 9.17) is 4.74 Å². The summed E-state index contributed by atoms with van der Waals surface area (Å²) >= 11 is 6.73. The Morgan fingerprint density at radius 1 is 0.710 bits per heavy atom. The Labute approximate surface area is 198 Å². The van der Waals surface area contributed by atoms with E-state index in [9.17, 15) is 9.59 Å². The van der Waals surface area contributed by atoms with Crippen molar-refractivity contribution in [2.24, 2.45) is 0 Å². The van der Waals surface area contributed by atoms with Crippen LogP contribution >= 0.6 is 31.9 Å². The Morgan fingerprint density at radius 2 is 1.13 bits per heavy atom. The Bertz CT molecular complexity index is 974. The molecule has 0 saturated carbocycles. The molecule has 0 unspecified atom stereocenters. The summed E-state index contributed by atoms with van der Waals surface area (Å²) in [4.78, 5) is 25.6. The van der Waals surface area contributed by atoms with E-state index in [1.165, 1.54) is 0 Å². The third-order valence-electron chi connectivity index (χ3n) is 4.35. The van der Waals surface area contributed by atoms with Crippen molar-refractivity contribution in [1.29, 1.82) is 0 Å². The number of nitrogens with one attached hydrogen (secondary N) is 2. The molecule has 5 nitrogen and oxygen atoms in total. The first kappa shape index (κ1) is 23.0. The van der Waals surface area contributed by atoms with Crippen LogP contribution in [-0.4, -0.2) is 17.9 Å². The summed E-state index contributed by atoms with van der Waals surface area (Å²) in [6.07, 6.45) is -0.670. The van der Waals surface area contributed by atoms with Crippen LogP contribution < -0.4 is 15.4 Å². The van der Waals surface area contributed by atoms with Gasteiger partial charge in [-0.05, 0) is 80.1 Å². The molecule has 3 aromatic carbocycles. The lowest BCUT2D eigenvalue weighted by molar-refractivity contribution is 0.0883. The first-order valence-electron chi connectivity index (χ1n) is 9.71. The third-order valence-corrected chi connectivity index (χ3v) is 5.41. The van der Waals surface area contributed by atoms with E-state index in [-0.39, 0.29) is 17.9 Å². The van der Waals surface area contributed by atoms with Gasteiger partial charge in [0.1, 0.15) is 11.9 Å². The first-order valence-corrected chi connectivity index (χ1v) is 11.3. The molecule has 0 atom stereocenters. The minimum atomic E-state index is -0.722. The Kier molecular flexibility index (Phi) is 7.87. The van der Waals surface area contributed by atoms with E-state index in [1.807, 2.05) is 38.1 Å². The second-order valence-corrected chi connectivity index (χ2v) is 8.96. The van der Waals surface area contributed by atoms with Crippen LogP contribution in [0.2, 0.25) is 0 Å². The maximum absolute atomic E-state index is 12.8. The van der Waals surface area contributed by atoms with E-state index in [2.05, 4.69) is 42.5 Å². The lowest BCUT2D eigenvalue weighted by Gasteiger charge is -2.21. The summed E-state index contributed by atoms with van der Waals surface area (Å²) in [6, 6.07) is 21.3. The SMILES string of the molecule is CC(C)Oc1ccc(C(NC(=O)c2ccc(Br)cc2)NC(=O)c2ccc(Br)cc2)cc1. The Hall–Kier alpha value is -2.64. The summed E-state index contributed by atoms with van der Waals surface area (Å²) in [6.45, 7) is 3.90. The van der Waals surface area contributed by atoms with Gasteiger partial charge in [-0.3, -0.25) is 9.59 Å². The number of rotatable bonds is 7. The van der Waals surface area contributed by atoms with Gasteiger partial charge in [0.05, 0.1) is 6.10 Å². The van der Waals surface area contributed by atoms with E-state index < -0.39 is 6.17 Å². The molecule has 0 aliphatic carbocycles. The van der Waals surface area contributed by atoms with Gasteiger partial charge < -0.3 is 15.4 Å². The molecule has 0 aromatic heterocycles. The highest BCUT2D eigenvalue weighted by molar-refractivity contribution is 9.10. The topological polar surface area (TPSA) is 67.4 Å². The average Bonchev–Trinajstić information content (AvgIpc) is 2.74. The van der Waals surface area contributed by atoms with Crippen molar-refractivity contribution in [2.75, 3.05) is 0 Å². The summed E-state index contributed by atoms with van der Waals surface area (Å²) in [7, 11) is 0. The van der Waals surface area contributed by atoms with Gasteiger partial charge in [0.15, 0.2) is 0 Å². The summed E-state index contributed by atoms with van der Waals surface area (Å²) in [5.74, 6) is 0.128. The molecule has 0 aliphatic rings. The minimum Gasteiger partial charge on any atom is -0.491 e. The fourth-order valence-corrected chi connectivity index (χ4v) is 3.37. The quantitative estimate of drug-likeness (QED) is 0.365. The number of halogens is 2. The molecule has 3 aromatic rings. The van der Waals surface area contributed by atoms with Crippen LogP contribution in [0.3, 0.4) is 0 Å². The molecule has 160 valence electrons. The molecule has 2 N–H and O–H groups in total. The Balaban J connectivity index is 1.83. The molecule has 3 rings (SSSR count). The summed E-state index contributed by atoms with van der Waals surface area (Å²) in [5.41, 5.74) is 1.71. The van der Waals surface area contributed by atoms with Gasteiger partial charge in [0.25, 0.3) is 11.8 Å². The predicted molar refractivity (Wildman–Crippen MR) is 128 cm³/mol. The Morgan fingerprint density at radius 3 is 1.52 bits per heavy atom. The maximum Gasteiger partial charge on any atom is 0.253 e. The van der Waals surface area contributed by atoms with Crippen LogP contribution in [0.15, 0.2) is 81.7 Å². The van der Waals surface area contributed by atoms with Crippen molar-refractivity contribution in [2.45, 2.75) is 26.1 Å². The van der Waals surface area contributed by atoms with Crippen LogP contribution in [-0.2, 0) is 0 Å². The maximum atomic E-state index is 12.8. The van der Waals surface area contributed by atoms with Gasteiger partial charge in [0.2, 0.25) is 0 Å². The zero-order valence-corrected chi connectivity index (χ0v) is 20.2. The number of ether oxygens (including phenoxy) is 1. The van der Waals surface area contributed by atoms with E-state index >= 15 is 0 Å². The van der Waals surface area contributed by atoms with Crippen LogP contribution in [0, 0.1) is 0 Å². The number of carbonyl (C=O) groups is 2. The minimum absolute atomic E-state index is 0.0517. The van der Waals surface area contributed by atoms with Gasteiger partial charge in [-0.25, -0.2) is 0 Å². The highest BCUT2D eigenvalue weighted by atomic mass is 79.9. The molecule has 2 amide bonds. The van der Waals surface area contributed by atoms with Crippen molar-refractivity contribution in [1.82, 2.24) is 10.6 Å². The van der Waals surface area contributed by atoms with Crippen molar-refractivity contribution in [3.05, 3.63) is 98.4 Å². The largest absolute Gasteiger partial charge is 0.491 e. The molecule has 0 fully saturated rings. The highest BCUT2D eigenvalue weighted by Gasteiger charge is 2.19. The molecule has 0 spiro atoms. The second-order valence-electron chi connectivity index (χ2n) is 7.13. The van der Waals surface area contributed by atoms with Gasteiger partial charge >= 0.3 is 0 Å². The van der Waals surface area contributed by atoms with Crippen LogP contribution in [0.25, 0.3) is 0 Å². The van der Waals surface area contributed by atoms with E-state index in [0.717, 1.165) is 20.3 Å². The normalized spacial score (nSPS) is 10.8. The molecule has 0 saturated heterocycles. The molecule has 0 aliphatic heterocycles. The molecular weight excluding hydrogens is 524 g/mol. The monoisotopic (exact) mass is 544 g/mol. The number of amides is 2.